The number of sulfonamides is 1. The minimum atomic E-state index is -3.83. The lowest BCUT2D eigenvalue weighted by molar-refractivity contribution is -0.148. The number of rotatable bonds is 7. The molecular formula is C14H17ClN2O5S. The normalized spacial score (nSPS) is 14.6. The quantitative estimate of drug-likeness (QED) is 0.725. The second kappa shape index (κ2) is 7.29. The molecule has 1 fully saturated rings. The Labute approximate surface area is 139 Å². The van der Waals surface area contributed by atoms with E-state index >= 15 is 0 Å². The molecule has 0 aliphatic heterocycles. The lowest BCUT2D eigenvalue weighted by Gasteiger charge is -2.16. The molecule has 0 aromatic heterocycles. The van der Waals surface area contributed by atoms with E-state index in [1.165, 1.54) is 31.3 Å². The Kier molecular flexibility index (Phi) is 5.61. The van der Waals surface area contributed by atoms with Gasteiger partial charge in [0.25, 0.3) is 5.91 Å². The average Bonchev–Trinajstić information content (AvgIpc) is 3.29. The van der Waals surface area contributed by atoms with Gasteiger partial charge in [-0.1, -0.05) is 11.6 Å². The van der Waals surface area contributed by atoms with Crippen molar-refractivity contribution in [2.75, 3.05) is 20.2 Å². The second-order valence-corrected chi connectivity index (χ2v) is 7.70. The zero-order valence-corrected chi connectivity index (χ0v) is 14.1. The Hall–Kier alpha value is -1.64. The van der Waals surface area contributed by atoms with Gasteiger partial charge < -0.3 is 10.1 Å². The van der Waals surface area contributed by atoms with Crippen LogP contribution < -0.4 is 5.32 Å². The maximum Gasteiger partial charge on any atom is 0.321 e. The molecule has 0 spiro atoms. The predicted molar refractivity (Wildman–Crippen MR) is 83.4 cm³/mol. The van der Waals surface area contributed by atoms with Crippen LogP contribution in [0.4, 0.5) is 0 Å². The highest BCUT2D eigenvalue weighted by atomic mass is 35.5. The van der Waals surface area contributed by atoms with E-state index in [9.17, 15) is 18.0 Å². The standard InChI is InChI=1S/C14H17ClN2O5S/c1-17(23(20,21)12-6-2-10(15)3-7-12)8-14(19)22-9-13(18)16-11-4-5-11/h2-3,6-7,11H,4-5,8-9H2,1H3,(H,16,18). The molecule has 1 N–H and O–H groups in total. The number of esters is 1. The van der Waals surface area contributed by atoms with Crippen LogP contribution in [0.2, 0.25) is 5.02 Å². The summed E-state index contributed by atoms with van der Waals surface area (Å²) in [6, 6.07) is 5.77. The summed E-state index contributed by atoms with van der Waals surface area (Å²) in [5.41, 5.74) is 0. The highest BCUT2D eigenvalue weighted by Crippen LogP contribution is 2.18. The van der Waals surface area contributed by atoms with Gasteiger partial charge >= 0.3 is 5.97 Å². The van der Waals surface area contributed by atoms with Gasteiger partial charge in [-0.05, 0) is 37.1 Å². The number of halogens is 1. The monoisotopic (exact) mass is 360 g/mol. The number of carbonyl (C=O) groups excluding carboxylic acids is 2. The van der Waals surface area contributed by atoms with Gasteiger partial charge in [0.15, 0.2) is 6.61 Å². The molecule has 0 saturated heterocycles. The van der Waals surface area contributed by atoms with Crippen molar-refractivity contribution in [3.05, 3.63) is 29.3 Å². The summed E-state index contributed by atoms with van der Waals surface area (Å²) in [6.07, 6.45) is 1.86. The van der Waals surface area contributed by atoms with Gasteiger partial charge in [-0.15, -0.1) is 0 Å². The maximum absolute atomic E-state index is 12.3. The molecule has 1 aliphatic carbocycles. The molecular weight excluding hydrogens is 344 g/mol. The zero-order chi connectivity index (χ0) is 17.0. The first-order chi connectivity index (χ1) is 10.8. The molecule has 7 nitrogen and oxygen atoms in total. The molecule has 126 valence electrons. The van der Waals surface area contributed by atoms with Crippen molar-refractivity contribution in [2.24, 2.45) is 0 Å². The first-order valence-electron chi connectivity index (χ1n) is 6.96. The molecule has 0 bridgehead atoms. The number of hydrogen-bond acceptors (Lipinski definition) is 5. The Morgan fingerprint density at radius 1 is 1.30 bits per heavy atom. The number of likely N-dealkylation sites (N-methyl/N-ethyl adjacent to an activating group) is 1. The first-order valence-corrected chi connectivity index (χ1v) is 8.78. The average molecular weight is 361 g/mol. The number of nitrogens with zero attached hydrogens (tertiary/aromatic N) is 1. The van der Waals surface area contributed by atoms with Gasteiger partial charge in [-0.3, -0.25) is 9.59 Å². The lowest BCUT2D eigenvalue weighted by atomic mass is 10.4. The molecule has 23 heavy (non-hydrogen) atoms. The number of nitrogens with one attached hydrogen (secondary N) is 1. The molecule has 0 atom stereocenters. The van der Waals surface area contributed by atoms with Crippen LogP contribution in [-0.4, -0.2) is 50.8 Å². The van der Waals surface area contributed by atoms with E-state index in [1.54, 1.807) is 0 Å². The number of amides is 1. The fourth-order valence-corrected chi connectivity index (χ4v) is 2.98. The van der Waals surface area contributed by atoms with Crippen LogP contribution in [0.5, 0.6) is 0 Å². The zero-order valence-electron chi connectivity index (χ0n) is 12.5. The number of benzene rings is 1. The van der Waals surface area contributed by atoms with Gasteiger partial charge in [0.1, 0.15) is 6.54 Å². The minimum Gasteiger partial charge on any atom is -0.455 e. The minimum absolute atomic E-state index is 0.0173. The molecule has 1 aromatic carbocycles. The summed E-state index contributed by atoms with van der Waals surface area (Å²) >= 11 is 5.72. The SMILES string of the molecule is CN(CC(=O)OCC(=O)NC1CC1)S(=O)(=O)c1ccc(Cl)cc1. The Morgan fingerprint density at radius 2 is 1.91 bits per heavy atom. The van der Waals surface area contributed by atoms with Crippen LogP contribution in [0.25, 0.3) is 0 Å². The van der Waals surface area contributed by atoms with E-state index in [1.807, 2.05) is 0 Å². The van der Waals surface area contributed by atoms with E-state index in [-0.39, 0.29) is 16.8 Å². The van der Waals surface area contributed by atoms with E-state index in [2.05, 4.69) is 5.32 Å². The van der Waals surface area contributed by atoms with Crippen LogP contribution in [0.3, 0.4) is 0 Å². The summed E-state index contributed by atoms with van der Waals surface area (Å²) in [5.74, 6) is -1.18. The summed E-state index contributed by atoms with van der Waals surface area (Å²) < 4.78 is 30.2. The van der Waals surface area contributed by atoms with E-state index in [0.717, 1.165) is 17.1 Å². The van der Waals surface area contributed by atoms with Crippen molar-refractivity contribution in [2.45, 2.75) is 23.8 Å². The molecule has 0 heterocycles. The molecule has 1 saturated carbocycles. The van der Waals surface area contributed by atoms with Gasteiger partial charge in [-0.2, -0.15) is 4.31 Å². The third kappa shape index (κ3) is 5.19. The van der Waals surface area contributed by atoms with Crippen LogP contribution in [0.1, 0.15) is 12.8 Å². The van der Waals surface area contributed by atoms with Crippen molar-refractivity contribution in [1.29, 1.82) is 0 Å². The third-order valence-electron chi connectivity index (χ3n) is 3.18. The van der Waals surface area contributed by atoms with E-state index in [0.29, 0.717) is 5.02 Å². The molecule has 0 unspecified atom stereocenters. The van der Waals surface area contributed by atoms with Crippen molar-refractivity contribution < 1.29 is 22.7 Å². The molecule has 1 aromatic rings. The number of hydrogen-bond donors (Lipinski definition) is 1. The van der Waals surface area contributed by atoms with E-state index in [4.69, 9.17) is 16.3 Å². The Balaban J connectivity index is 1.86. The Morgan fingerprint density at radius 3 is 2.48 bits per heavy atom. The summed E-state index contributed by atoms with van der Waals surface area (Å²) in [4.78, 5) is 23.1. The molecule has 9 heteroatoms. The van der Waals surface area contributed by atoms with E-state index < -0.39 is 29.1 Å². The molecule has 1 amide bonds. The van der Waals surface area contributed by atoms with Crippen molar-refractivity contribution >= 4 is 33.5 Å². The number of carbonyl (C=O) groups is 2. The number of ether oxygens (including phenoxy) is 1. The van der Waals surface area contributed by atoms with Gasteiger partial charge in [0.05, 0.1) is 4.90 Å². The molecule has 2 rings (SSSR count). The topological polar surface area (TPSA) is 92.8 Å². The van der Waals surface area contributed by atoms with Crippen molar-refractivity contribution in [1.82, 2.24) is 9.62 Å². The maximum atomic E-state index is 12.3. The van der Waals surface area contributed by atoms with Crippen LogP contribution in [0.15, 0.2) is 29.2 Å². The van der Waals surface area contributed by atoms with Gasteiger partial charge in [0.2, 0.25) is 10.0 Å². The molecule has 1 aliphatic rings. The summed E-state index contributed by atoms with van der Waals surface area (Å²) in [7, 11) is -2.57. The lowest BCUT2D eigenvalue weighted by Crippen LogP contribution is -2.35. The summed E-state index contributed by atoms with van der Waals surface area (Å²) in [5, 5.41) is 3.07. The highest BCUT2D eigenvalue weighted by Gasteiger charge is 2.25. The van der Waals surface area contributed by atoms with Crippen LogP contribution in [-0.2, 0) is 24.3 Å². The van der Waals surface area contributed by atoms with Crippen molar-refractivity contribution in [3.63, 3.8) is 0 Å². The Bertz CT molecular complexity index is 686. The van der Waals surface area contributed by atoms with Gasteiger partial charge in [0, 0.05) is 18.1 Å². The fourth-order valence-electron chi connectivity index (χ4n) is 1.74. The largest absolute Gasteiger partial charge is 0.455 e. The highest BCUT2D eigenvalue weighted by molar-refractivity contribution is 7.89. The molecule has 0 radical (unpaired) electrons. The van der Waals surface area contributed by atoms with Crippen molar-refractivity contribution in [3.8, 4) is 0 Å². The van der Waals surface area contributed by atoms with Crippen LogP contribution >= 0.6 is 11.6 Å². The van der Waals surface area contributed by atoms with Crippen LogP contribution in [0, 0.1) is 0 Å². The first kappa shape index (κ1) is 17.7. The smallest absolute Gasteiger partial charge is 0.321 e. The third-order valence-corrected chi connectivity index (χ3v) is 5.25. The summed E-state index contributed by atoms with van der Waals surface area (Å²) in [6.45, 7) is -0.897. The second-order valence-electron chi connectivity index (χ2n) is 5.22. The van der Waals surface area contributed by atoms with Gasteiger partial charge in [-0.25, -0.2) is 8.42 Å². The predicted octanol–water partition coefficient (Wildman–Crippen LogP) is 0.782. The fraction of sp³-hybridized carbons (Fsp3) is 0.429.